The first kappa shape index (κ1) is 8.65. The first-order chi connectivity index (χ1) is 6.45. The molecule has 0 bridgehead atoms. The van der Waals surface area contributed by atoms with Crippen LogP contribution in [-0.4, -0.2) is 15.0 Å². The molecule has 0 N–H and O–H groups in total. The third kappa shape index (κ3) is 2.50. The molecule has 0 aliphatic heterocycles. The number of rotatable bonds is 3. The summed E-state index contributed by atoms with van der Waals surface area (Å²) in [5, 5.41) is 2.84. The highest BCUT2D eigenvalue weighted by Crippen LogP contribution is 2.17. The molecule has 2 rings (SSSR count). The highest BCUT2D eigenvalue weighted by molar-refractivity contribution is 7.98. The smallest absolute Gasteiger partial charge is 0.187 e. The van der Waals surface area contributed by atoms with Gasteiger partial charge in [-0.05, 0) is 6.07 Å². The number of aromatic nitrogens is 3. The molecule has 2 heterocycles. The molecule has 0 saturated heterocycles. The zero-order chi connectivity index (χ0) is 8.93. The van der Waals surface area contributed by atoms with Crippen molar-refractivity contribution in [2.45, 2.75) is 10.9 Å². The van der Waals surface area contributed by atoms with E-state index in [4.69, 9.17) is 0 Å². The fraction of sp³-hybridized carbons (Fsp3) is 0.125. The Kier molecular flexibility index (Phi) is 2.89. The van der Waals surface area contributed by atoms with Crippen molar-refractivity contribution < 1.29 is 0 Å². The van der Waals surface area contributed by atoms with E-state index in [-0.39, 0.29) is 0 Å². The maximum atomic E-state index is 4.17. The van der Waals surface area contributed by atoms with Gasteiger partial charge >= 0.3 is 0 Å². The van der Waals surface area contributed by atoms with Gasteiger partial charge in [0.25, 0.3) is 0 Å². The minimum atomic E-state index is 0.801. The summed E-state index contributed by atoms with van der Waals surface area (Å²) in [6, 6.07) is 1.81. The molecule has 0 radical (unpaired) electrons. The van der Waals surface area contributed by atoms with Crippen LogP contribution in [0.5, 0.6) is 0 Å². The monoisotopic (exact) mass is 209 g/mol. The molecule has 13 heavy (non-hydrogen) atoms. The summed E-state index contributed by atoms with van der Waals surface area (Å²) in [7, 11) is 0. The number of thioether (sulfide) groups is 1. The summed E-state index contributed by atoms with van der Waals surface area (Å²) < 4.78 is 0. The van der Waals surface area contributed by atoms with Crippen LogP contribution in [0.25, 0.3) is 0 Å². The van der Waals surface area contributed by atoms with E-state index >= 15 is 0 Å². The van der Waals surface area contributed by atoms with Crippen molar-refractivity contribution in [3.8, 4) is 0 Å². The predicted molar refractivity (Wildman–Crippen MR) is 53.7 cm³/mol. The van der Waals surface area contributed by atoms with Gasteiger partial charge < -0.3 is 0 Å². The standard InChI is InChI=1S/C8H7N3S2/c1-2-9-8(10-3-1)13-5-7-4-12-6-11-7/h1-4,6H,5H2. The second-order valence-corrected chi connectivity index (χ2v) is 3.96. The maximum absolute atomic E-state index is 4.17. The normalized spacial score (nSPS) is 10.2. The first-order valence-corrected chi connectivity index (χ1v) is 5.65. The Morgan fingerprint density at radius 3 is 2.77 bits per heavy atom. The van der Waals surface area contributed by atoms with Gasteiger partial charge in [0, 0.05) is 23.5 Å². The Hall–Kier alpha value is -0.940. The third-order valence-electron chi connectivity index (χ3n) is 1.37. The molecule has 0 saturated carbocycles. The lowest BCUT2D eigenvalue weighted by atomic mass is 10.6. The van der Waals surface area contributed by atoms with Gasteiger partial charge in [-0.2, -0.15) is 0 Å². The molecule has 0 atom stereocenters. The summed E-state index contributed by atoms with van der Waals surface area (Å²) in [5.74, 6) is 0.841. The third-order valence-corrected chi connectivity index (χ3v) is 2.92. The number of thiazole rings is 1. The van der Waals surface area contributed by atoms with Crippen LogP contribution in [0.1, 0.15) is 5.69 Å². The van der Waals surface area contributed by atoms with E-state index in [2.05, 4.69) is 15.0 Å². The highest BCUT2D eigenvalue weighted by atomic mass is 32.2. The Labute approximate surface area is 84.3 Å². The number of hydrogen-bond acceptors (Lipinski definition) is 5. The lowest BCUT2D eigenvalue weighted by Gasteiger charge is -1.95. The fourth-order valence-corrected chi connectivity index (χ4v) is 2.18. The van der Waals surface area contributed by atoms with E-state index in [1.165, 1.54) is 0 Å². The number of hydrogen-bond donors (Lipinski definition) is 0. The molecule has 2 aromatic heterocycles. The highest BCUT2D eigenvalue weighted by Gasteiger charge is 1.98. The van der Waals surface area contributed by atoms with E-state index in [1.807, 2.05) is 17.0 Å². The lowest BCUT2D eigenvalue weighted by molar-refractivity contribution is 0.965. The van der Waals surface area contributed by atoms with E-state index in [9.17, 15) is 0 Å². The zero-order valence-electron chi connectivity index (χ0n) is 6.75. The van der Waals surface area contributed by atoms with E-state index in [1.54, 1.807) is 35.5 Å². The van der Waals surface area contributed by atoms with Crippen LogP contribution in [0.3, 0.4) is 0 Å². The molecule has 0 aliphatic carbocycles. The van der Waals surface area contributed by atoms with Crippen LogP contribution in [-0.2, 0) is 5.75 Å². The quantitative estimate of drug-likeness (QED) is 0.574. The largest absolute Gasteiger partial charge is 0.249 e. The molecule has 0 fully saturated rings. The molecule has 3 nitrogen and oxygen atoms in total. The first-order valence-electron chi connectivity index (χ1n) is 3.72. The van der Waals surface area contributed by atoms with Gasteiger partial charge in [0.1, 0.15) is 0 Å². The minimum Gasteiger partial charge on any atom is -0.249 e. The van der Waals surface area contributed by atoms with E-state index in [0.717, 1.165) is 16.6 Å². The van der Waals surface area contributed by atoms with Crippen LogP contribution < -0.4 is 0 Å². The van der Waals surface area contributed by atoms with Crippen LogP contribution in [0.2, 0.25) is 0 Å². The molecular formula is C8H7N3S2. The summed E-state index contributed by atoms with van der Waals surface area (Å²) in [5.41, 5.74) is 2.92. The predicted octanol–water partition coefficient (Wildman–Crippen LogP) is 2.23. The van der Waals surface area contributed by atoms with Gasteiger partial charge in [0.05, 0.1) is 11.2 Å². The van der Waals surface area contributed by atoms with Gasteiger partial charge in [-0.1, -0.05) is 11.8 Å². The van der Waals surface area contributed by atoms with Crippen molar-refractivity contribution in [2.75, 3.05) is 0 Å². The zero-order valence-corrected chi connectivity index (χ0v) is 8.38. The summed E-state index contributed by atoms with van der Waals surface area (Å²) >= 11 is 3.21. The van der Waals surface area contributed by atoms with Gasteiger partial charge in [0.15, 0.2) is 5.16 Å². The molecule has 0 aromatic carbocycles. The summed E-state index contributed by atoms with van der Waals surface area (Å²) in [6.45, 7) is 0. The van der Waals surface area contributed by atoms with Crippen LogP contribution >= 0.6 is 23.1 Å². The van der Waals surface area contributed by atoms with Crippen molar-refractivity contribution in [3.63, 3.8) is 0 Å². The summed E-state index contributed by atoms with van der Waals surface area (Å²) in [4.78, 5) is 12.4. The fourth-order valence-electron chi connectivity index (χ4n) is 0.807. The molecule has 0 amide bonds. The molecule has 66 valence electrons. The van der Waals surface area contributed by atoms with Crippen molar-refractivity contribution >= 4 is 23.1 Å². The lowest BCUT2D eigenvalue weighted by Crippen LogP contribution is -1.85. The molecule has 0 unspecified atom stereocenters. The van der Waals surface area contributed by atoms with Crippen molar-refractivity contribution in [2.24, 2.45) is 0 Å². The van der Waals surface area contributed by atoms with Crippen molar-refractivity contribution in [3.05, 3.63) is 35.0 Å². The van der Waals surface area contributed by atoms with E-state index in [0.29, 0.717) is 0 Å². The second kappa shape index (κ2) is 4.34. The second-order valence-electron chi connectivity index (χ2n) is 2.30. The molecular weight excluding hydrogens is 202 g/mol. The van der Waals surface area contributed by atoms with Gasteiger partial charge in [-0.25, -0.2) is 15.0 Å². The average molecular weight is 209 g/mol. The minimum absolute atomic E-state index is 0.801. The Morgan fingerprint density at radius 2 is 2.08 bits per heavy atom. The van der Waals surface area contributed by atoms with Crippen molar-refractivity contribution in [1.82, 2.24) is 15.0 Å². The van der Waals surface area contributed by atoms with Gasteiger partial charge in [-0.15, -0.1) is 11.3 Å². The van der Waals surface area contributed by atoms with Gasteiger partial charge in [-0.3, -0.25) is 0 Å². The molecule has 0 spiro atoms. The topological polar surface area (TPSA) is 38.7 Å². The van der Waals surface area contributed by atoms with Crippen molar-refractivity contribution in [1.29, 1.82) is 0 Å². The molecule has 2 aromatic rings. The Bertz CT molecular complexity index is 347. The average Bonchev–Trinajstić information content (AvgIpc) is 2.69. The van der Waals surface area contributed by atoms with Crippen LogP contribution in [0.4, 0.5) is 0 Å². The molecule has 0 aliphatic rings. The SMILES string of the molecule is c1cnc(SCc2cscn2)nc1. The van der Waals surface area contributed by atoms with Gasteiger partial charge in [0.2, 0.25) is 0 Å². The number of nitrogens with zero attached hydrogens (tertiary/aromatic N) is 3. The Balaban J connectivity index is 1.94. The maximum Gasteiger partial charge on any atom is 0.187 e. The van der Waals surface area contributed by atoms with E-state index < -0.39 is 0 Å². The Morgan fingerprint density at radius 1 is 1.23 bits per heavy atom. The van der Waals surface area contributed by atoms with Crippen LogP contribution in [0.15, 0.2) is 34.5 Å². The van der Waals surface area contributed by atoms with Crippen LogP contribution in [0, 0.1) is 0 Å². The summed E-state index contributed by atoms with van der Waals surface area (Å²) in [6.07, 6.45) is 3.49. The molecule has 5 heteroatoms.